The smallest absolute Gasteiger partial charge is 0.255 e. The molecule has 0 saturated heterocycles. The molecule has 0 amide bonds. The molecule has 0 saturated carbocycles. The van der Waals surface area contributed by atoms with E-state index in [1.165, 1.54) is 0 Å². The van der Waals surface area contributed by atoms with E-state index in [0.717, 1.165) is 33.5 Å². The fourth-order valence-electron chi connectivity index (χ4n) is 3.31. The highest BCUT2D eigenvalue weighted by Gasteiger charge is 2.10. The average molecular weight is 363 g/mol. The highest BCUT2D eigenvalue weighted by Crippen LogP contribution is 2.26. The Morgan fingerprint density at radius 3 is 1.82 bits per heavy atom. The van der Waals surface area contributed by atoms with Gasteiger partial charge in [0.25, 0.3) is 5.56 Å². The minimum absolute atomic E-state index is 0.0458. The summed E-state index contributed by atoms with van der Waals surface area (Å²) >= 11 is 0. The highest BCUT2D eigenvalue weighted by atomic mass is 16.1. The van der Waals surface area contributed by atoms with Gasteiger partial charge in [0.05, 0.1) is 5.69 Å². The van der Waals surface area contributed by atoms with Crippen LogP contribution in [0.5, 0.6) is 0 Å². The van der Waals surface area contributed by atoms with Gasteiger partial charge in [0.2, 0.25) is 0 Å². The molecule has 2 nitrogen and oxygen atoms in total. The van der Waals surface area contributed by atoms with Crippen LogP contribution in [0.2, 0.25) is 0 Å². The lowest BCUT2D eigenvalue weighted by atomic mass is 10.0. The molecule has 0 spiro atoms. The van der Waals surface area contributed by atoms with Crippen molar-refractivity contribution in [3.8, 4) is 22.4 Å². The lowest BCUT2D eigenvalue weighted by molar-refractivity contribution is 1.07. The number of allylic oxidation sites excluding steroid dienone is 1. The van der Waals surface area contributed by atoms with E-state index in [1.807, 2.05) is 92.0 Å². The molecule has 0 atom stereocenters. The van der Waals surface area contributed by atoms with Crippen molar-refractivity contribution in [1.82, 2.24) is 4.57 Å². The Hall–Kier alpha value is -3.65. The van der Waals surface area contributed by atoms with E-state index >= 15 is 0 Å². The van der Waals surface area contributed by atoms with Crippen LogP contribution in [0.25, 0.3) is 34.2 Å². The zero-order valence-electron chi connectivity index (χ0n) is 15.7. The second kappa shape index (κ2) is 7.93. The molecular weight excluding hydrogens is 342 g/mol. The fraction of sp³-hybridized carbons (Fsp3) is 0.0385. The summed E-state index contributed by atoms with van der Waals surface area (Å²) in [6.07, 6.45) is 1.93. The van der Waals surface area contributed by atoms with Gasteiger partial charge in [-0.3, -0.25) is 9.36 Å². The molecule has 0 aliphatic heterocycles. The summed E-state index contributed by atoms with van der Waals surface area (Å²) in [6.45, 7) is 2.03. The van der Waals surface area contributed by atoms with Gasteiger partial charge in [-0.2, -0.15) is 0 Å². The fourth-order valence-corrected chi connectivity index (χ4v) is 3.31. The van der Waals surface area contributed by atoms with Crippen LogP contribution in [0.3, 0.4) is 0 Å². The van der Waals surface area contributed by atoms with Gasteiger partial charge in [-0.05, 0) is 40.8 Å². The Morgan fingerprint density at radius 2 is 1.21 bits per heavy atom. The highest BCUT2D eigenvalue weighted by molar-refractivity contribution is 5.78. The van der Waals surface area contributed by atoms with E-state index in [1.54, 1.807) is 10.6 Å². The quantitative estimate of drug-likeness (QED) is 0.423. The van der Waals surface area contributed by atoms with Gasteiger partial charge in [0.1, 0.15) is 0 Å². The number of hydrogen-bond donors (Lipinski definition) is 0. The van der Waals surface area contributed by atoms with Crippen LogP contribution < -0.4 is 5.56 Å². The molecule has 0 N–H and O–H groups in total. The molecule has 0 aliphatic rings. The van der Waals surface area contributed by atoms with Gasteiger partial charge in [-0.1, -0.05) is 91.0 Å². The van der Waals surface area contributed by atoms with E-state index in [9.17, 15) is 4.79 Å². The first-order chi connectivity index (χ1) is 13.7. The number of pyridine rings is 1. The number of benzene rings is 3. The Bertz CT molecular complexity index is 1160. The molecule has 4 rings (SSSR count). The average Bonchev–Trinajstić information content (AvgIpc) is 2.76. The summed E-state index contributed by atoms with van der Waals surface area (Å²) in [5, 5.41) is 0. The topological polar surface area (TPSA) is 22.0 Å². The molecule has 0 bridgehead atoms. The maximum absolute atomic E-state index is 13.1. The minimum Gasteiger partial charge on any atom is -0.283 e. The van der Waals surface area contributed by atoms with Crippen LogP contribution in [0.4, 0.5) is 0 Å². The van der Waals surface area contributed by atoms with E-state index in [4.69, 9.17) is 0 Å². The summed E-state index contributed by atoms with van der Waals surface area (Å²) in [7, 11) is 0. The molecule has 0 radical (unpaired) electrons. The second-order valence-corrected chi connectivity index (χ2v) is 6.75. The van der Waals surface area contributed by atoms with E-state index in [2.05, 4.69) is 18.2 Å². The number of rotatable bonds is 4. The van der Waals surface area contributed by atoms with Gasteiger partial charge in [-0.15, -0.1) is 0 Å². The van der Waals surface area contributed by atoms with Gasteiger partial charge < -0.3 is 0 Å². The van der Waals surface area contributed by atoms with Gasteiger partial charge in [0.15, 0.2) is 0 Å². The Morgan fingerprint density at radius 1 is 0.679 bits per heavy atom. The maximum Gasteiger partial charge on any atom is 0.255 e. The second-order valence-electron chi connectivity index (χ2n) is 6.75. The molecule has 136 valence electrons. The Balaban J connectivity index is 1.92. The first kappa shape index (κ1) is 17.7. The van der Waals surface area contributed by atoms with Crippen LogP contribution in [0.15, 0.2) is 108 Å². The molecule has 0 unspecified atom stereocenters. The maximum atomic E-state index is 13.1. The third kappa shape index (κ3) is 3.72. The molecule has 3 aromatic carbocycles. The number of aromatic nitrogens is 1. The normalized spacial score (nSPS) is 11.4. The third-order valence-electron chi connectivity index (χ3n) is 4.80. The zero-order valence-corrected chi connectivity index (χ0v) is 15.7. The summed E-state index contributed by atoms with van der Waals surface area (Å²) in [6, 6.07) is 33.9. The first-order valence-corrected chi connectivity index (χ1v) is 9.33. The molecule has 1 aromatic heterocycles. The van der Waals surface area contributed by atoms with Crippen molar-refractivity contribution in [1.29, 1.82) is 0 Å². The predicted octanol–water partition coefficient (Wildman–Crippen LogP) is 6.20. The minimum atomic E-state index is -0.0458. The summed E-state index contributed by atoms with van der Waals surface area (Å²) in [5.74, 6) is 0. The van der Waals surface area contributed by atoms with Gasteiger partial charge in [-0.25, -0.2) is 0 Å². The van der Waals surface area contributed by atoms with E-state index in [0.29, 0.717) is 0 Å². The van der Waals surface area contributed by atoms with E-state index < -0.39 is 0 Å². The van der Waals surface area contributed by atoms with Gasteiger partial charge in [0, 0.05) is 12.3 Å². The predicted molar refractivity (Wildman–Crippen MR) is 118 cm³/mol. The molecule has 1 heterocycles. The van der Waals surface area contributed by atoms with Crippen LogP contribution in [0, 0.1) is 0 Å². The molecule has 2 heteroatoms. The van der Waals surface area contributed by atoms with Gasteiger partial charge >= 0.3 is 0 Å². The van der Waals surface area contributed by atoms with Crippen LogP contribution in [-0.2, 0) is 0 Å². The third-order valence-corrected chi connectivity index (χ3v) is 4.80. The summed E-state index contributed by atoms with van der Waals surface area (Å²) < 4.78 is 1.74. The van der Waals surface area contributed by atoms with Crippen molar-refractivity contribution in [2.24, 2.45) is 0 Å². The van der Waals surface area contributed by atoms with Crippen LogP contribution in [0.1, 0.15) is 12.5 Å². The summed E-state index contributed by atoms with van der Waals surface area (Å²) in [4.78, 5) is 13.1. The van der Waals surface area contributed by atoms with Crippen molar-refractivity contribution >= 4 is 11.8 Å². The number of hydrogen-bond acceptors (Lipinski definition) is 1. The lowest BCUT2D eigenvalue weighted by Crippen LogP contribution is -2.17. The van der Waals surface area contributed by atoms with Crippen molar-refractivity contribution in [2.75, 3.05) is 0 Å². The molecule has 4 aromatic rings. The zero-order chi connectivity index (χ0) is 19.3. The molecular formula is C26H21NO. The first-order valence-electron chi connectivity index (χ1n) is 9.33. The SMILES string of the molecule is CC(=Cn1c(-c2ccccc2)cc(-c2ccccc2)cc1=O)c1ccccc1. The molecule has 0 aliphatic carbocycles. The largest absolute Gasteiger partial charge is 0.283 e. The Labute approximate surface area is 165 Å². The van der Waals surface area contributed by atoms with Crippen molar-refractivity contribution in [2.45, 2.75) is 6.92 Å². The van der Waals surface area contributed by atoms with Crippen molar-refractivity contribution in [3.05, 3.63) is 119 Å². The lowest BCUT2D eigenvalue weighted by Gasteiger charge is -2.13. The molecule has 28 heavy (non-hydrogen) atoms. The van der Waals surface area contributed by atoms with Crippen molar-refractivity contribution in [3.63, 3.8) is 0 Å². The Kier molecular flexibility index (Phi) is 5.03. The summed E-state index contributed by atoms with van der Waals surface area (Å²) in [5.41, 5.74) is 5.93. The van der Waals surface area contributed by atoms with Crippen molar-refractivity contribution < 1.29 is 0 Å². The van der Waals surface area contributed by atoms with Crippen LogP contribution >= 0.6 is 0 Å². The molecule has 0 fully saturated rings. The standard InChI is InChI=1S/C26H21NO/c1-20(21-11-5-2-6-12-21)19-27-25(23-15-9-4-10-16-23)17-24(18-26(27)28)22-13-7-3-8-14-22/h2-19H,1H3. The number of nitrogens with zero attached hydrogens (tertiary/aromatic N) is 1. The van der Waals surface area contributed by atoms with Crippen LogP contribution in [-0.4, -0.2) is 4.57 Å². The van der Waals surface area contributed by atoms with E-state index in [-0.39, 0.29) is 5.56 Å². The monoisotopic (exact) mass is 363 g/mol.